The molecule has 0 spiro atoms. The van der Waals surface area contributed by atoms with Gasteiger partial charge in [0, 0.05) is 0 Å². The van der Waals surface area contributed by atoms with Crippen molar-refractivity contribution in [2.45, 2.75) is 20.3 Å². The van der Waals surface area contributed by atoms with Gasteiger partial charge in [0.15, 0.2) is 0 Å². The van der Waals surface area contributed by atoms with E-state index in [2.05, 4.69) is 15.4 Å². The number of hydrogen-bond donors (Lipinski definition) is 2. The predicted octanol–water partition coefficient (Wildman–Crippen LogP) is 3.04. The van der Waals surface area contributed by atoms with Gasteiger partial charge in [0.1, 0.15) is 5.00 Å². The standard InChI is InChI=1S/C17H18N2O4S/c1-10-4-5-12(8-11(10)2)9-14(20)18-16-13(6-7-24-16)15(21)19-17(22)23-3/h4-8H,9H2,1-3H3,(H,18,20)(H,19,21,22). The van der Waals surface area contributed by atoms with Crippen molar-refractivity contribution in [3.8, 4) is 0 Å². The van der Waals surface area contributed by atoms with Gasteiger partial charge < -0.3 is 10.1 Å². The lowest BCUT2D eigenvalue weighted by atomic mass is 10.0. The monoisotopic (exact) mass is 346 g/mol. The molecule has 0 aliphatic heterocycles. The van der Waals surface area contributed by atoms with E-state index in [1.54, 1.807) is 5.38 Å². The first-order valence-electron chi connectivity index (χ1n) is 7.23. The van der Waals surface area contributed by atoms with Crippen LogP contribution in [0.5, 0.6) is 0 Å². The van der Waals surface area contributed by atoms with Crippen LogP contribution < -0.4 is 10.6 Å². The number of methoxy groups -OCH3 is 1. The van der Waals surface area contributed by atoms with Crippen molar-refractivity contribution < 1.29 is 19.1 Å². The number of benzene rings is 1. The SMILES string of the molecule is COC(=O)NC(=O)c1ccsc1NC(=O)Cc1ccc(C)c(C)c1. The molecule has 7 heteroatoms. The van der Waals surface area contributed by atoms with E-state index in [1.807, 2.05) is 32.0 Å². The van der Waals surface area contributed by atoms with Gasteiger partial charge in [-0.1, -0.05) is 18.2 Å². The van der Waals surface area contributed by atoms with Gasteiger partial charge in [0.05, 0.1) is 19.1 Å². The molecule has 0 saturated carbocycles. The van der Waals surface area contributed by atoms with Crippen LogP contribution in [0.4, 0.5) is 9.80 Å². The van der Waals surface area contributed by atoms with Crippen LogP contribution in [-0.4, -0.2) is 25.0 Å². The molecular formula is C17H18N2O4S. The quantitative estimate of drug-likeness (QED) is 0.891. The zero-order chi connectivity index (χ0) is 17.7. The van der Waals surface area contributed by atoms with E-state index in [-0.39, 0.29) is 17.9 Å². The Balaban J connectivity index is 2.04. The highest BCUT2D eigenvalue weighted by Crippen LogP contribution is 2.23. The molecule has 1 heterocycles. The molecule has 0 fully saturated rings. The lowest BCUT2D eigenvalue weighted by Gasteiger charge is -2.08. The van der Waals surface area contributed by atoms with Gasteiger partial charge in [-0.3, -0.25) is 14.9 Å². The van der Waals surface area contributed by atoms with Crippen molar-refractivity contribution in [3.05, 3.63) is 51.9 Å². The molecule has 1 aromatic carbocycles. The van der Waals surface area contributed by atoms with Crippen LogP contribution in [0.1, 0.15) is 27.0 Å². The van der Waals surface area contributed by atoms with Crippen LogP contribution >= 0.6 is 11.3 Å². The molecule has 0 unspecified atom stereocenters. The Morgan fingerprint density at radius 1 is 1.12 bits per heavy atom. The van der Waals surface area contributed by atoms with Crippen LogP contribution in [0.15, 0.2) is 29.6 Å². The topological polar surface area (TPSA) is 84.5 Å². The van der Waals surface area contributed by atoms with E-state index >= 15 is 0 Å². The first-order chi connectivity index (χ1) is 11.4. The number of anilines is 1. The number of carbonyl (C=O) groups excluding carboxylic acids is 3. The summed E-state index contributed by atoms with van der Waals surface area (Å²) in [6, 6.07) is 7.38. The lowest BCUT2D eigenvalue weighted by Crippen LogP contribution is -2.30. The number of carbonyl (C=O) groups is 3. The van der Waals surface area contributed by atoms with Crippen LogP contribution in [-0.2, 0) is 16.0 Å². The van der Waals surface area contributed by atoms with E-state index < -0.39 is 12.0 Å². The van der Waals surface area contributed by atoms with Crippen molar-refractivity contribution in [2.24, 2.45) is 0 Å². The fourth-order valence-electron chi connectivity index (χ4n) is 2.07. The number of imide groups is 1. The van der Waals surface area contributed by atoms with Crippen LogP contribution in [0.3, 0.4) is 0 Å². The Morgan fingerprint density at radius 3 is 2.54 bits per heavy atom. The second-order valence-corrected chi connectivity index (χ2v) is 6.17. The maximum atomic E-state index is 12.2. The van der Waals surface area contributed by atoms with Crippen molar-refractivity contribution in [1.82, 2.24) is 5.32 Å². The minimum Gasteiger partial charge on any atom is -0.453 e. The summed E-state index contributed by atoms with van der Waals surface area (Å²) in [5.41, 5.74) is 3.40. The van der Waals surface area contributed by atoms with E-state index in [1.165, 1.54) is 30.1 Å². The number of alkyl carbamates (subject to hydrolysis) is 1. The molecule has 0 bridgehead atoms. The third-order valence-corrected chi connectivity index (χ3v) is 4.33. The Kier molecular flexibility index (Phi) is 5.70. The molecule has 2 N–H and O–H groups in total. The molecular weight excluding hydrogens is 328 g/mol. The summed E-state index contributed by atoms with van der Waals surface area (Å²) in [6.07, 6.45) is -0.643. The molecule has 1 aromatic heterocycles. The summed E-state index contributed by atoms with van der Waals surface area (Å²) in [5, 5.41) is 6.83. The van der Waals surface area contributed by atoms with Gasteiger partial charge >= 0.3 is 6.09 Å². The Morgan fingerprint density at radius 2 is 1.88 bits per heavy atom. The number of ether oxygens (including phenoxy) is 1. The van der Waals surface area contributed by atoms with Gasteiger partial charge in [-0.15, -0.1) is 11.3 Å². The van der Waals surface area contributed by atoms with Gasteiger partial charge in [0.25, 0.3) is 5.91 Å². The molecule has 6 nitrogen and oxygen atoms in total. The largest absolute Gasteiger partial charge is 0.453 e. The molecule has 24 heavy (non-hydrogen) atoms. The molecule has 2 aromatic rings. The number of aryl methyl sites for hydroxylation is 2. The smallest absolute Gasteiger partial charge is 0.413 e. The highest BCUT2D eigenvalue weighted by molar-refractivity contribution is 7.14. The van der Waals surface area contributed by atoms with Crippen LogP contribution in [0.2, 0.25) is 0 Å². The Hall–Kier alpha value is -2.67. The van der Waals surface area contributed by atoms with Gasteiger partial charge in [-0.25, -0.2) is 4.79 Å². The third kappa shape index (κ3) is 4.42. The van der Waals surface area contributed by atoms with Crippen LogP contribution in [0, 0.1) is 13.8 Å². The van der Waals surface area contributed by atoms with E-state index in [0.717, 1.165) is 11.1 Å². The number of hydrogen-bond acceptors (Lipinski definition) is 5. The second-order valence-electron chi connectivity index (χ2n) is 5.25. The predicted molar refractivity (Wildman–Crippen MR) is 92.4 cm³/mol. The zero-order valence-electron chi connectivity index (χ0n) is 13.6. The van der Waals surface area contributed by atoms with Crippen molar-refractivity contribution in [3.63, 3.8) is 0 Å². The molecule has 0 atom stereocenters. The molecule has 0 aliphatic rings. The lowest BCUT2D eigenvalue weighted by molar-refractivity contribution is -0.115. The highest BCUT2D eigenvalue weighted by atomic mass is 32.1. The van der Waals surface area contributed by atoms with E-state index in [9.17, 15) is 14.4 Å². The summed E-state index contributed by atoms with van der Waals surface area (Å²) >= 11 is 1.21. The molecule has 0 saturated heterocycles. The number of nitrogens with one attached hydrogen (secondary N) is 2. The average Bonchev–Trinajstić information content (AvgIpc) is 2.98. The molecule has 2 rings (SSSR count). The van der Waals surface area contributed by atoms with Crippen molar-refractivity contribution in [1.29, 1.82) is 0 Å². The van der Waals surface area contributed by atoms with Crippen molar-refractivity contribution in [2.75, 3.05) is 12.4 Å². The maximum Gasteiger partial charge on any atom is 0.413 e. The number of amides is 3. The normalized spacial score (nSPS) is 10.1. The Labute approximate surface area is 143 Å². The van der Waals surface area contributed by atoms with Gasteiger partial charge in [-0.2, -0.15) is 0 Å². The van der Waals surface area contributed by atoms with Gasteiger partial charge in [0.2, 0.25) is 5.91 Å². The average molecular weight is 346 g/mol. The minimum absolute atomic E-state index is 0.205. The Bertz CT molecular complexity index is 783. The molecule has 0 radical (unpaired) electrons. The first kappa shape index (κ1) is 17.7. The molecule has 0 aliphatic carbocycles. The minimum atomic E-state index is -0.849. The first-order valence-corrected chi connectivity index (χ1v) is 8.11. The number of rotatable bonds is 4. The summed E-state index contributed by atoms with van der Waals surface area (Å²) in [4.78, 5) is 35.3. The second kappa shape index (κ2) is 7.74. The number of thiophene rings is 1. The summed E-state index contributed by atoms with van der Waals surface area (Å²) in [7, 11) is 1.17. The van der Waals surface area contributed by atoms with Gasteiger partial charge in [-0.05, 0) is 42.0 Å². The zero-order valence-corrected chi connectivity index (χ0v) is 14.5. The third-order valence-electron chi connectivity index (χ3n) is 3.50. The summed E-state index contributed by atoms with van der Waals surface area (Å²) < 4.78 is 4.38. The molecule has 126 valence electrons. The summed E-state index contributed by atoms with van der Waals surface area (Å²) in [6.45, 7) is 4.00. The highest BCUT2D eigenvalue weighted by Gasteiger charge is 2.17. The maximum absolute atomic E-state index is 12.2. The van der Waals surface area contributed by atoms with Crippen molar-refractivity contribution >= 4 is 34.2 Å². The van der Waals surface area contributed by atoms with Crippen LogP contribution in [0.25, 0.3) is 0 Å². The van der Waals surface area contributed by atoms with E-state index in [4.69, 9.17) is 0 Å². The fraction of sp³-hybridized carbons (Fsp3) is 0.235. The molecule has 3 amide bonds. The van der Waals surface area contributed by atoms with E-state index in [0.29, 0.717) is 5.00 Å². The fourth-order valence-corrected chi connectivity index (χ4v) is 2.87. The summed E-state index contributed by atoms with van der Waals surface area (Å²) in [5.74, 6) is -0.850.